The van der Waals surface area contributed by atoms with Crippen LogP contribution in [0.2, 0.25) is 0 Å². The molecule has 0 radical (unpaired) electrons. The van der Waals surface area contributed by atoms with Gasteiger partial charge in [-0.1, -0.05) is 12.1 Å². The molecule has 0 saturated carbocycles. The standard InChI is InChI=1S/C16H15N3O/c1-17-11-13-5-3-9-19-16(13)20-14-7-6-12-4-2-8-18-15(12)10-14/h2-10,17H,11H2,1H3. The van der Waals surface area contributed by atoms with Crippen molar-refractivity contribution in [1.82, 2.24) is 15.3 Å². The number of fused-ring (bicyclic) bond motifs is 1. The minimum atomic E-state index is 0.622. The number of nitrogens with one attached hydrogen (secondary N) is 1. The Kier molecular flexibility index (Phi) is 3.56. The van der Waals surface area contributed by atoms with Gasteiger partial charge >= 0.3 is 0 Å². The van der Waals surface area contributed by atoms with E-state index in [-0.39, 0.29) is 0 Å². The fourth-order valence-corrected chi connectivity index (χ4v) is 2.06. The fourth-order valence-electron chi connectivity index (χ4n) is 2.06. The molecule has 4 heteroatoms. The van der Waals surface area contributed by atoms with Crippen LogP contribution >= 0.6 is 0 Å². The predicted molar refractivity (Wildman–Crippen MR) is 78.8 cm³/mol. The van der Waals surface area contributed by atoms with Crippen molar-refractivity contribution in [2.24, 2.45) is 0 Å². The van der Waals surface area contributed by atoms with Crippen LogP contribution in [0.1, 0.15) is 5.56 Å². The largest absolute Gasteiger partial charge is 0.439 e. The van der Waals surface area contributed by atoms with Crippen LogP contribution < -0.4 is 10.1 Å². The summed E-state index contributed by atoms with van der Waals surface area (Å²) in [7, 11) is 1.90. The number of aromatic nitrogens is 2. The average Bonchev–Trinajstić information content (AvgIpc) is 2.49. The van der Waals surface area contributed by atoms with Gasteiger partial charge in [0.15, 0.2) is 0 Å². The van der Waals surface area contributed by atoms with Gasteiger partial charge in [0, 0.05) is 36.0 Å². The zero-order valence-corrected chi connectivity index (χ0v) is 11.2. The molecule has 0 aliphatic rings. The highest BCUT2D eigenvalue weighted by atomic mass is 16.5. The van der Waals surface area contributed by atoms with Crippen molar-refractivity contribution in [3.05, 3.63) is 60.4 Å². The molecular weight excluding hydrogens is 250 g/mol. The summed E-state index contributed by atoms with van der Waals surface area (Å²) < 4.78 is 5.88. The summed E-state index contributed by atoms with van der Waals surface area (Å²) in [6.07, 6.45) is 3.51. The number of ether oxygens (including phenoxy) is 1. The lowest BCUT2D eigenvalue weighted by molar-refractivity contribution is 0.455. The van der Waals surface area contributed by atoms with Crippen molar-refractivity contribution < 1.29 is 4.74 Å². The molecule has 3 rings (SSSR count). The van der Waals surface area contributed by atoms with Crippen molar-refractivity contribution in [2.75, 3.05) is 7.05 Å². The number of rotatable bonds is 4. The van der Waals surface area contributed by atoms with Crippen molar-refractivity contribution in [3.63, 3.8) is 0 Å². The molecule has 4 nitrogen and oxygen atoms in total. The molecular formula is C16H15N3O. The molecule has 100 valence electrons. The van der Waals surface area contributed by atoms with Crippen molar-refractivity contribution in [1.29, 1.82) is 0 Å². The van der Waals surface area contributed by atoms with Gasteiger partial charge in [-0.3, -0.25) is 4.98 Å². The van der Waals surface area contributed by atoms with Gasteiger partial charge in [0.2, 0.25) is 5.88 Å². The summed E-state index contributed by atoms with van der Waals surface area (Å²) in [5, 5.41) is 4.20. The van der Waals surface area contributed by atoms with E-state index < -0.39 is 0 Å². The smallest absolute Gasteiger partial charge is 0.223 e. The molecule has 1 N–H and O–H groups in total. The van der Waals surface area contributed by atoms with Crippen molar-refractivity contribution in [3.8, 4) is 11.6 Å². The van der Waals surface area contributed by atoms with Crippen LogP contribution in [0.15, 0.2) is 54.9 Å². The summed E-state index contributed by atoms with van der Waals surface area (Å²) in [6.45, 7) is 0.717. The molecule has 0 aliphatic carbocycles. The van der Waals surface area contributed by atoms with Crippen molar-refractivity contribution >= 4 is 10.9 Å². The van der Waals surface area contributed by atoms with E-state index in [1.54, 1.807) is 12.4 Å². The topological polar surface area (TPSA) is 47.0 Å². The van der Waals surface area contributed by atoms with Crippen LogP contribution in [-0.4, -0.2) is 17.0 Å². The van der Waals surface area contributed by atoms with Crippen molar-refractivity contribution in [2.45, 2.75) is 6.54 Å². The van der Waals surface area contributed by atoms with E-state index in [0.717, 1.165) is 28.8 Å². The lowest BCUT2D eigenvalue weighted by Gasteiger charge is -2.09. The molecule has 1 aromatic carbocycles. The molecule has 0 saturated heterocycles. The third-order valence-corrected chi connectivity index (χ3v) is 3.01. The summed E-state index contributed by atoms with van der Waals surface area (Å²) in [5.74, 6) is 1.37. The third-order valence-electron chi connectivity index (χ3n) is 3.01. The second kappa shape index (κ2) is 5.67. The Hall–Kier alpha value is -2.46. The van der Waals surface area contributed by atoms with Gasteiger partial charge in [0.1, 0.15) is 5.75 Å². The van der Waals surface area contributed by atoms with Gasteiger partial charge in [-0.05, 0) is 31.3 Å². The first-order valence-electron chi connectivity index (χ1n) is 6.48. The quantitative estimate of drug-likeness (QED) is 0.787. The molecule has 0 aliphatic heterocycles. The zero-order valence-electron chi connectivity index (χ0n) is 11.2. The Balaban J connectivity index is 1.93. The van der Waals surface area contributed by atoms with Gasteiger partial charge in [0.05, 0.1) is 5.52 Å². The van der Waals surface area contributed by atoms with E-state index in [4.69, 9.17) is 4.74 Å². The molecule has 0 bridgehead atoms. The first kappa shape index (κ1) is 12.6. The second-order valence-corrected chi connectivity index (χ2v) is 4.46. The van der Waals surface area contributed by atoms with E-state index in [0.29, 0.717) is 5.88 Å². The van der Waals surface area contributed by atoms with Crippen LogP contribution in [-0.2, 0) is 6.54 Å². The van der Waals surface area contributed by atoms with Gasteiger partial charge in [-0.2, -0.15) is 0 Å². The van der Waals surface area contributed by atoms with Gasteiger partial charge in [-0.25, -0.2) is 4.98 Å². The molecule has 0 spiro atoms. The highest BCUT2D eigenvalue weighted by Gasteiger charge is 2.06. The van der Waals surface area contributed by atoms with Gasteiger partial charge < -0.3 is 10.1 Å². The number of benzene rings is 1. The zero-order chi connectivity index (χ0) is 13.8. The predicted octanol–water partition coefficient (Wildman–Crippen LogP) is 3.14. The summed E-state index contributed by atoms with van der Waals surface area (Å²) in [5.41, 5.74) is 1.94. The summed E-state index contributed by atoms with van der Waals surface area (Å²) in [6, 6.07) is 13.7. The Morgan fingerprint density at radius 1 is 1.05 bits per heavy atom. The van der Waals surface area contributed by atoms with E-state index in [9.17, 15) is 0 Å². The van der Waals surface area contributed by atoms with Gasteiger partial charge in [0.25, 0.3) is 0 Å². The first-order valence-corrected chi connectivity index (χ1v) is 6.48. The maximum atomic E-state index is 5.88. The van der Waals surface area contributed by atoms with Crippen LogP contribution in [0, 0.1) is 0 Å². The number of pyridine rings is 2. The van der Waals surface area contributed by atoms with Crippen LogP contribution in [0.3, 0.4) is 0 Å². The Labute approximate surface area is 117 Å². The fraction of sp³-hybridized carbons (Fsp3) is 0.125. The lowest BCUT2D eigenvalue weighted by atomic mass is 10.2. The lowest BCUT2D eigenvalue weighted by Crippen LogP contribution is -2.07. The van der Waals surface area contributed by atoms with E-state index in [2.05, 4.69) is 15.3 Å². The SMILES string of the molecule is CNCc1cccnc1Oc1ccc2cccnc2c1. The summed E-state index contributed by atoms with van der Waals surface area (Å²) in [4.78, 5) is 8.62. The minimum Gasteiger partial charge on any atom is -0.439 e. The van der Waals surface area contributed by atoms with E-state index in [1.165, 1.54) is 0 Å². The Morgan fingerprint density at radius 2 is 1.90 bits per heavy atom. The van der Waals surface area contributed by atoms with E-state index in [1.807, 2.05) is 49.5 Å². The van der Waals surface area contributed by atoms with Crippen LogP contribution in [0.5, 0.6) is 11.6 Å². The molecule has 0 unspecified atom stereocenters. The average molecular weight is 265 g/mol. The molecule has 2 aromatic heterocycles. The monoisotopic (exact) mass is 265 g/mol. The van der Waals surface area contributed by atoms with Gasteiger partial charge in [-0.15, -0.1) is 0 Å². The second-order valence-electron chi connectivity index (χ2n) is 4.46. The Bertz CT molecular complexity index is 727. The molecule has 0 fully saturated rings. The van der Waals surface area contributed by atoms with Crippen LogP contribution in [0.25, 0.3) is 10.9 Å². The first-order chi connectivity index (χ1) is 9.86. The maximum absolute atomic E-state index is 5.88. The molecule has 0 atom stereocenters. The maximum Gasteiger partial charge on any atom is 0.223 e. The highest BCUT2D eigenvalue weighted by molar-refractivity contribution is 5.79. The van der Waals surface area contributed by atoms with Crippen LogP contribution in [0.4, 0.5) is 0 Å². The molecule has 0 amide bonds. The third kappa shape index (κ3) is 2.60. The number of nitrogens with zero attached hydrogens (tertiary/aromatic N) is 2. The van der Waals surface area contributed by atoms with E-state index >= 15 is 0 Å². The number of hydrogen-bond acceptors (Lipinski definition) is 4. The summed E-state index contributed by atoms with van der Waals surface area (Å²) >= 11 is 0. The minimum absolute atomic E-state index is 0.622. The molecule has 3 aromatic rings. The Morgan fingerprint density at radius 3 is 2.80 bits per heavy atom. The highest BCUT2D eigenvalue weighted by Crippen LogP contribution is 2.25. The number of hydrogen-bond donors (Lipinski definition) is 1. The molecule has 2 heterocycles. The normalized spacial score (nSPS) is 10.7. The molecule has 20 heavy (non-hydrogen) atoms.